The second-order valence-corrected chi connectivity index (χ2v) is 11.3. The number of hydrogen-bond acceptors (Lipinski definition) is 6. The maximum atomic E-state index is 12.7. The molecule has 1 aliphatic heterocycles. The van der Waals surface area contributed by atoms with Crippen LogP contribution >= 0.6 is 0 Å². The van der Waals surface area contributed by atoms with Gasteiger partial charge in [0, 0.05) is 6.07 Å². The van der Waals surface area contributed by atoms with Crippen LogP contribution in [0.4, 0.5) is 4.79 Å². The van der Waals surface area contributed by atoms with Crippen LogP contribution in [0.2, 0.25) is 0 Å². The first-order valence-corrected chi connectivity index (χ1v) is 14.9. The summed E-state index contributed by atoms with van der Waals surface area (Å²) in [5.74, 6) is 0.244. The zero-order valence-electron chi connectivity index (χ0n) is 24.3. The molecule has 8 heteroatoms. The molecule has 214 valence electrons. The Balaban J connectivity index is 1.38. The minimum absolute atomic E-state index is 0.0113. The number of ether oxygens (including phenoxy) is 1. The van der Waals surface area contributed by atoms with Crippen LogP contribution < -0.4 is 10.1 Å². The molecule has 3 amide bonds. The SMILES string of the molecule is CCCCCCCCCCCCCCCCOc1cc2nc(C(C#N)N3C(=O)NC(C)(C)C3=O)oc2cc1C. The number of benzene rings is 1. The van der Waals surface area contributed by atoms with Crippen molar-refractivity contribution in [2.45, 2.75) is 129 Å². The Hall–Kier alpha value is -3.08. The summed E-state index contributed by atoms with van der Waals surface area (Å²) >= 11 is 0. The number of nitrogens with one attached hydrogen (secondary N) is 1. The van der Waals surface area contributed by atoms with Gasteiger partial charge < -0.3 is 14.5 Å². The van der Waals surface area contributed by atoms with E-state index in [1.807, 2.05) is 19.1 Å². The van der Waals surface area contributed by atoms with E-state index in [4.69, 9.17) is 9.15 Å². The number of aromatic nitrogens is 1. The van der Waals surface area contributed by atoms with Crippen molar-refractivity contribution in [2.75, 3.05) is 6.61 Å². The van der Waals surface area contributed by atoms with Crippen LogP contribution in [0.3, 0.4) is 0 Å². The van der Waals surface area contributed by atoms with Crippen LogP contribution in [0.25, 0.3) is 11.1 Å². The highest BCUT2D eigenvalue weighted by Crippen LogP contribution is 2.32. The van der Waals surface area contributed by atoms with E-state index in [0.717, 1.165) is 29.1 Å². The lowest BCUT2D eigenvalue weighted by molar-refractivity contribution is -0.131. The standard InChI is InChI=1S/C31H46N4O4/c1-5-6-7-8-9-10-11-12-13-14-15-16-17-18-19-38-26-21-24-27(20-23(26)2)39-28(33-24)25(22-32)35-29(36)31(3,4)34-30(35)37/h20-21,25H,5-19H2,1-4H3,(H,34,37). The number of rotatable bonds is 18. The number of nitriles is 1. The molecular formula is C31H46N4O4. The fraction of sp³-hybridized carbons (Fsp3) is 0.677. The first kappa shape index (κ1) is 30.5. The Morgan fingerprint density at radius 1 is 0.974 bits per heavy atom. The largest absolute Gasteiger partial charge is 0.493 e. The molecule has 0 bridgehead atoms. The van der Waals surface area contributed by atoms with E-state index in [1.165, 1.54) is 77.0 Å². The molecule has 1 aliphatic rings. The van der Waals surface area contributed by atoms with E-state index < -0.39 is 23.5 Å². The van der Waals surface area contributed by atoms with Crippen molar-refractivity contribution in [2.24, 2.45) is 0 Å². The number of fused-ring (bicyclic) bond motifs is 1. The number of aryl methyl sites for hydroxylation is 1. The summed E-state index contributed by atoms with van der Waals surface area (Å²) in [6.07, 6.45) is 18.4. The van der Waals surface area contributed by atoms with Crippen LogP contribution in [0.1, 0.15) is 128 Å². The molecule has 39 heavy (non-hydrogen) atoms. The van der Waals surface area contributed by atoms with E-state index in [-0.39, 0.29) is 5.89 Å². The highest BCUT2D eigenvalue weighted by molar-refractivity contribution is 6.07. The van der Waals surface area contributed by atoms with Gasteiger partial charge in [0.1, 0.15) is 16.8 Å². The second-order valence-electron chi connectivity index (χ2n) is 11.3. The summed E-state index contributed by atoms with van der Waals surface area (Å²) < 4.78 is 11.8. The van der Waals surface area contributed by atoms with Crippen LogP contribution in [0.15, 0.2) is 16.5 Å². The summed E-state index contributed by atoms with van der Waals surface area (Å²) in [6, 6.07) is 3.73. The molecule has 1 saturated heterocycles. The number of oxazole rings is 1. The Labute approximate surface area is 233 Å². The molecule has 0 aliphatic carbocycles. The number of amides is 3. The normalized spacial score (nSPS) is 15.5. The fourth-order valence-electron chi connectivity index (χ4n) is 5.06. The molecule has 1 atom stereocenters. The monoisotopic (exact) mass is 538 g/mol. The van der Waals surface area contributed by atoms with Gasteiger partial charge in [0.2, 0.25) is 11.9 Å². The molecular weight excluding hydrogens is 492 g/mol. The number of carbonyl (C=O) groups excluding carboxylic acids is 2. The topological polar surface area (TPSA) is 108 Å². The number of unbranched alkanes of at least 4 members (excludes halogenated alkanes) is 13. The first-order chi connectivity index (χ1) is 18.8. The van der Waals surface area contributed by atoms with Gasteiger partial charge >= 0.3 is 6.03 Å². The summed E-state index contributed by atoms with van der Waals surface area (Å²) in [6.45, 7) is 8.03. The quantitative estimate of drug-likeness (QED) is 0.153. The third-order valence-electron chi connectivity index (χ3n) is 7.46. The molecule has 1 aromatic carbocycles. The van der Waals surface area contributed by atoms with Gasteiger partial charge in [0.25, 0.3) is 5.91 Å². The Morgan fingerprint density at radius 3 is 2.05 bits per heavy atom. The molecule has 0 radical (unpaired) electrons. The Bertz CT molecular complexity index is 1130. The zero-order valence-corrected chi connectivity index (χ0v) is 24.3. The lowest BCUT2D eigenvalue weighted by Crippen LogP contribution is -2.40. The van der Waals surface area contributed by atoms with Crippen molar-refractivity contribution >= 4 is 23.0 Å². The van der Waals surface area contributed by atoms with Gasteiger partial charge in [-0.05, 0) is 38.8 Å². The molecule has 1 aromatic heterocycles. The van der Waals surface area contributed by atoms with E-state index in [2.05, 4.69) is 17.2 Å². The van der Waals surface area contributed by atoms with Gasteiger partial charge in [-0.3, -0.25) is 4.79 Å². The minimum atomic E-state index is -1.24. The van der Waals surface area contributed by atoms with Gasteiger partial charge in [-0.2, -0.15) is 5.26 Å². The molecule has 0 spiro atoms. The van der Waals surface area contributed by atoms with Gasteiger partial charge in [0.15, 0.2) is 5.58 Å². The van der Waals surface area contributed by atoms with E-state index in [9.17, 15) is 14.9 Å². The summed E-state index contributed by atoms with van der Waals surface area (Å²) in [5, 5.41) is 12.3. The lowest BCUT2D eigenvalue weighted by atomic mass is 10.0. The number of hydrogen-bond donors (Lipinski definition) is 1. The minimum Gasteiger partial charge on any atom is -0.493 e. The maximum Gasteiger partial charge on any atom is 0.326 e. The second kappa shape index (κ2) is 14.9. The molecule has 1 unspecified atom stereocenters. The summed E-state index contributed by atoms with van der Waals surface area (Å²) in [4.78, 5) is 30.3. The van der Waals surface area contributed by atoms with Crippen LogP contribution in [-0.2, 0) is 4.79 Å². The predicted octanol–water partition coefficient (Wildman–Crippen LogP) is 7.89. The predicted molar refractivity (Wildman–Crippen MR) is 152 cm³/mol. The number of urea groups is 1. The molecule has 1 N–H and O–H groups in total. The van der Waals surface area contributed by atoms with Crippen molar-refractivity contribution in [3.05, 3.63) is 23.6 Å². The number of nitrogens with zero attached hydrogens (tertiary/aromatic N) is 3. The van der Waals surface area contributed by atoms with E-state index in [0.29, 0.717) is 17.7 Å². The van der Waals surface area contributed by atoms with Crippen LogP contribution in [0, 0.1) is 18.3 Å². The van der Waals surface area contributed by atoms with Gasteiger partial charge in [-0.15, -0.1) is 0 Å². The third-order valence-corrected chi connectivity index (χ3v) is 7.46. The maximum absolute atomic E-state index is 12.7. The lowest BCUT2D eigenvalue weighted by Gasteiger charge is -2.18. The van der Waals surface area contributed by atoms with Crippen LogP contribution in [-0.4, -0.2) is 34.0 Å². The van der Waals surface area contributed by atoms with E-state index >= 15 is 0 Å². The fourth-order valence-corrected chi connectivity index (χ4v) is 5.06. The zero-order chi connectivity index (χ0) is 28.3. The molecule has 2 aromatic rings. The average Bonchev–Trinajstić information content (AvgIpc) is 3.39. The Morgan fingerprint density at radius 2 is 1.54 bits per heavy atom. The first-order valence-electron chi connectivity index (χ1n) is 14.9. The Kier molecular flexibility index (Phi) is 11.6. The average molecular weight is 539 g/mol. The smallest absolute Gasteiger partial charge is 0.326 e. The summed E-state index contributed by atoms with van der Waals surface area (Å²) in [7, 11) is 0. The van der Waals surface area contributed by atoms with Crippen molar-refractivity contribution < 1.29 is 18.7 Å². The van der Waals surface area contributed by atoms with Crippen molar-refractivity contribution in [1.29, 1.82) is 5.26 Å². The summed E-state index contributed by atoms with van der Waals surface area (Å²) in [5.41, 5.74) is 0.833. The number of imide groups is 1. The molecule has 0 saturated carbocycles. The molecule has 3 rings (SSSR count). The molecule has 2 heterocycles. The van der Waals surface area contributed by atoms with Gasteiger partial charge in [-0.25, -0.2) is 14.7 Å². The van der Waals surface area contributed by atoms with Crippen molar-refractivity contribution in [3.63, 3.8) is 0 Å². The highest BCUT2D eigenvalue weighted by Gasteiger charge is 2.49. The highest BCUT2D eigenvalue weighted by atomic mass is 16.5. The van der Waals surface area contributed by atoms with Gasteiger partial charge in [0.05, 0.1) is 12.7 Å². The molecule has 1 fully saturated rings. The van der Waals surface area contributed by atoms with Crippen molar-refractivity contribution in [3.8, 4) is 11.8 Å². The van der Waals surface area contributed by atoms with Gasteiger partial charge in [-0.1, -0.05) is 90.4 Å². The third kappa shape index (κ3) is 8.45. The van der Waals surface area contributed by atoms with E-state index in [1.54, 1.807) is 19.9 Å². The number of carbonyl (C=O) groups is 2. The molecule has 8 nitrogen and oxygen atoms in total. The van der Waals surface area contributed by atoms with Crippen LogP contribution in [0.5, 0.6) is 5.75 Å². The van der Waals surface area contributed by atoms with Crippen molar-refractivity contribution in [1.82, 2.24) is 15.2 Å².